The van der Waals surface area contributed by atoms with E-state index < -0.39 is 0 Å². The average molecular weight is 280 g/mol. The van der Waals surface area contributed by atoms with Crippen molar-refractivity contribution in [3.05, 3.63) is 17.5 Å². The second kappa shape index (κ2) is 7.43. The molecule has 1 aromatic heterocycles. The number of rotatable bonds is 6. The van der Waals surface area contributed by atoms with Crippen molar-refractivity contribution in [2.75, 3.05) is 13.2 Å². The molecule has 0 bridgehead atoms. The predicted molar refractivity (Wildman–Crippen MR) is 75.1 cm³/mol. The van der Waals surface area contributed by atoms with Crippen LogP contribution in [-0.4, -0.2) is 24.3 Å². The number of amides is 1. The van der Waals surface area contributed by atoms with Crippen molar-refractivity contribution in [1.82, 2.24) is 10.5 Å². The van der Waals surface area contributed by atoms with Crippen molar-refractivity contribution in [2.24, 2.45) is 11.8 Å². The Hall–Kier alpha value is -1.36. The minimum atomic E-state index is 0.0577. The molecule has 112 valence electrons. The number of carbonyl (C=O) groups excluding carboxylic acids is 1. The molecule has 2 rings (SSSR count). The highest BCUT2D eigenvalue weighted by Crippen LogP contribution is 2.17. The number of carbonyl (C=O) groups is 1. The van der Waals surface area contributed by atoms with Gasteiger partial charge in [0.1, 0.15) is 0 Å². The lowest BCUT2D eigenvalue weighted by atomic mass is 9.98. The van der Waals surface area contributed by atoms with Gasteiger partial charge in [0.15, 0.2) is 5.76 Å². The standard InChI is InChI=1S/C15H24N2O3/c1-11(2)6-13-8-14(20-17-13)9-16-15(18)7-12-4-3-5-19-10-12/h8,11-12H,3-7,9-10H2,1-2H3,(H,16,18)/t12-/m1/s1. The molecule has 1 aliphatic heterocycles. The first-order valence-corrected chi connectivity index (χ1v) is 7.42. The van der Waals surface area contributed by atoms with Gasteiger partial charge in [-0.1, -0.05) is 19.0 Å². The molecule has 1 aliphatic rings. The van der Waals surface area contributed by atoms with E-state index in [1.54, 1.807) is 0 Å². The van der Waals surface area contributed by atoms with Crippen LogP contribution >= 0.6 is 0 Å². The van der Waals surface area contributed by atoms with Gasteiger partial charge in [0, 0.05) is 25.7 Å². The van der Waals surface area contributed by atoms with Gasteiger partial charge in [-0.05, 0) is 31.1 Å². The first kappa shape index (κ1) is 15.0. The second-order valence-electron chi connectivity index (χ2n) is 5.95. The molecule has 0 saturated carbocycles. The first-order chi connectivity index (χ1) is 9.63. The van der Waals surface area contributed by atoms with Crippen LogP contribution in [0.1, 0.15) is 44.6 Å². The Bertz CT molecular complexity index is 423. The third-order valence-corrected chi connectivity index (χ3v) is 3.41. The van der Waals surface area contributed by atoms with E-state index in [1.807, 2.05) is 6.07 Å². The molecule has 1 atom stereocenters. The van der Waals surface area contributed by atoms with Crippen LogP contribution in [0.3, 0.4) is 0 Å². The summed E-state index contributed by atoms with van der Waals surface area (Å²) in [7, 11) is 0. The van der Waals surface area contributed by atoms with E-state index in [4.69, 9.17) is 9.26 Å². The Labute approximate surface area is 120 Å². The largest absolute Gasteiger partial charge is 0.381 e. The van der Waals surface area contributed by atoms with Gasteiger partial charge in [0.25, 0.3) is 0 Å². The van der Waals surface area contributed by atoms with E-state index in [0.717, 1.165) is 31.6 Å². The van der Waals surface area contributed by atoms with Gasteiger partial charge in [-0.3, -0.25) is 4.79 Å². The van der Waals surface area contributed by atoms with Crippen LogP contribution in [0.5, 0.6) is 0 Å². The van der Waals surface area contributed by atoms with Crippen LogP contribution < -0.4 is 5.32 Å². The zero-order valence-corrected chi connectivity index (χ0v) is 12.4. The van der Waals surface area contributed by atoms with Crippen LogP contribution in [0.2, 0.25) is 0 Å². The third kappa shape index (κ3) is 4.96. The first-order valence-electron chi connectivity index (χ1n) is 7.42. The maximum Gasteiger partial charge on any atom is 0.220 e. The van der Waals surface area contributed by atoms with E-state index >= 15 is 0 Å². The van der Waals surface area contributed by atoms with Crippen LogP contribution in [0.4, 0.5) is 0 Å². The number of hydrogen-bond acceptors (Lipinski definition) is 4. The van der Waals surface area contributed by atoms with Gasteiger partial charge in [0.05, 0.1) is 12.2 Å². The lowest BCUT2D eigenvalue weighted by Gasteiger charge is -2.21. The van der Waals surface area contributed by atoms with Crippen LogP contribution in [-0.2, 0) is 22.5 Å². The lowest BCUT2D eigenvalue weighted by molar-refractivity contribution is -0.123. The minimum Gasteiger partial charge on any atom is -0.381 e. The molecular weight excluding hydrogens is 256 g/mol. The van der Waals surface area contributed by atoms with Crippen molar-refractivity contribution >= 4 is 5.91 Å². The average Bonchev–Trinajstić information content (AvgIpc) is 2.84. The Morgan fingerprint density at radius 1 is 1.55 bits per heavy atom. The lowest BCUT2D eigenvalue weighted by Crippen LogP contribution is -2.28. The maximum atomic E-state index is 11.8. The van der Waals surface area contributed by atoms with E-state index in [2.05, 4.69) is 24.3 Å². The fourth-order valence-corrected chi connectivity index (χ4v) is 2.44. The molecule has 1 amide bonds. The second-order valence-corrected chi connectivity index (χ2v) is 5.95. The van der Waals surface area contributed by atoms with Crippen LogP contribution in [0, 0.1) is 11.8 Å². The molecule has 20 heavy (non-hydrogen) atoms. The van der Waals surface area contributed by atoms with Gasteiger partial charge in [-0.15, -0.1) is 0 Å². The Balaban J connectivity index is 1.71. The summed E-state index contributed by atoms with van der Waals surface area (Å²) in [6, 6.07) is 1.92. The highest BCUT2D eigenvalue weighted by molar-refractivity contribution is 5.76. The van der Waals surface area contributed by atoms with Crippen molar-refractivity contribution in [1.29, 1.82) is 0 Å². The summed E-state index contributed by atoms with van der Waals surface area (Å²) in [5.41, 5.74) is 0.949. The summed E-state index contributed by atoms with van der Waals surface area (Å²) in [5, 5.41) is 6.89. The van der Waals surface area contributed by atoms with Gasteiger partial charge < -0.3 is 14.6 Å². The Morgan fingerprint density at radius 2 is 2.40 bits per heavy atom. The highest BCUT2D eigenvalue weighted by Gasteiger charge is 2.17. The zero-order chi connectivity index (χ0) is 14.4. The molecule has 1 aromatic rings. The van der Waals surface area contributed by atoms with Crippen LogP contribution in [0.15, 0.2) is 10.6 Å². The Kier molecular flexibility index (Phi) is 5.59. The molecular formula is C15H24N2O3. The van der Waals surface area contributed by atoms with Gasteiger partial charge in [-0.2, -0.15) is 0 Å². The number of aromatic nitrogens is 1. The third-order valence-electron chi connectivity index (χ3n) is 3.41. The molecule has 0 radical (unpaired) electrons. The molecule has 2 heterocycles. The molecule has 1 fully saturated rings. The summed E-state index contributed by atoms with van der Waals surface area (Å²) in [5.74, 6) is 1.68. The normalized spacial score (nSPS) is 19.2. The van der Waals surface area contributed by atoms with E-state index in [9.17, 15) is 4.79 Å². The quantitative estimate of drug-likeness (QED) is 0.868. The molecule has 0 aromatic carbocycles. The van der Waals surface area contributed by atoms with Crippen molar-refractivity contribution in [2.45, 2.75) is 46.1 Å². The highest BCUT2D eigenvalue weighted by atomic mass is 16.5. The molecule has 0 spiro atoms. The molecule has 5 heteroatoms. The van der Waals surface area contributed by atoms with Gasteiger partial charge >= 0.3 is 0 Å². The predicted octanol–water partition coefficient (Wildman–Crippen LogP) is 2.31. The fourth-order valence-electron chi connectivity index (χ4n) is 2.44. The summed E-state index contributed by atoms with van der Waals surface area (Å²) < 4.78 is 10.6. The summed E-state index contributed by atoms with van der Waals surface area (Å²) in [4.78, 5) is 11.8. The van der Waals surface area contributed by atoms with E-state index in [1.165, 1.54) is 0 Å². The molecule has 1 saturated heterocycles. The zero-order valence-electron chi connectivity index (χ0n) is 12.4. The number of nitrogens with one attached hydrogen (secondary N) is 1. The molecule has 0 unspecified atom stereocenters. The minimum absolute atomic E-state index is 0.0577. The Morgan fingerprint density at radius 3 is 3.10 bits per heavy atom. The number of nitrogens with zero attached hydrogens (tertiary/aromatic N) is 1. The number of hydrogen-bond donors (Lipinski definition) is 1. The molecule has 1 N–H and O–H groups in total. The van der Waals surface area contributed by atoms with E-state index in [-0.39, 0.29) is 5.91 Å². The molecule has 0 aliphatic carbocycles. The fraction of sp³-hybridized carbons (Fsp3) is 0.733. The van der Waals surface area contributed by atoms with E-state index in [0.29, 0.717) is 37.2 Å². The topological polar surface area (TPSA) is 64.4 Å². The summed E-state index contributed by atoms with van der Waals surface area (Å²) in [6.07, 6.45) is 3.57. The summed E-state index contributed by atoms with van der Waals surface area (Å²) in [6.45, 7) is 6.23. The van der Waals surface area contributed by atoms with Gasteiger partial charge in [-0.25, -0.2) is 0 Å². The van der Waals surface area contributed by atoms with Crippen LogP contribution in [0.25, 0.3) is 0 Å². The van der Waals surface area contributed by atoms with Gasteiger partial charge in [0.2, 0.25) is 5.91 Å². The monoisotopic (exact) mass is 280 g/mol. The summed E-state index contributed by atoms with van der Waals surface area (Å²) >= 11 is 0. The van der Waals surface area contributed by atoms with Crippen molar-refractivity contribution in [3.63, 3.8) is 0 Å². The van der Waals surface area contributed by atoms with Crippen molar-refractivity contribution < 1.29 is 14.1 Å². The molecule has 5 nitrogen and oxygen atoms in total. The number of ether oxygens (including phenoxy) is 1. The smallest absolute Gasteiger partial charge is 0.220 e. The maximum absolute atomic E-state index is 11.8. The SMILES string of the molecule is CC(C)Cc1cc(CNC(=O)C[C@H]2CCCOC2)on1. The van der Waals surface area contributed by atoms with Crippen molar-refractivity contribution in [3.8, 4) is 0 Å².